The Hall–Kier alpha value is -3.48. The first-order chi connectivity index (χ1) is 31.5. The number of hydrogen-bond acceptors (Lipinski definition) is 5. The molecule has 0 spiro atoms. The Bertz CT molecular complexity index is 1320. The van der Waals surface area contributed by atoms with Crippen LogP contribution in [0.3, 0.4) is 0 Å². The minimum Gasteiger partial charge on any atom is -0.462 e. The molecule has 364 valence electrons. The summed E-state index contributed by atoms with van der Waals surface area (Å²) in [5.74, 6) is -0.592. The van der Waals surface area contributed by atoms with Crippen molar-refractivity contribution in [1.82, 2.24) is 5.32 Å². The van der Waals surface area contributed by atoms with Crippen LogP contribution in [0.25, 0.3) is 0 Å². The van der Waals surface area contributed by atoms with Gasteiger partial charge in [0.15, 0.2) is 0 Å². The van der Waals surface area contributed by atoms with E-state index < -0.39 is 18.2 Å². The molecule has 0 radical (unpaired) electrons. The minimum atomic E-state index is -0.819. The van der Waals surface area contributed by atoms with Crippen molar-refractivity contribution in [2.75, 3.05) is 6.61 Å². The molecule has 3 atom stereocenters. The standard InChI is InChI=1S/C58H97NO5/c1-4-7-10-13-16-19-22-25-27-29-32-35-38-41-44-47-50-56(61)55(53-60)59-57(62)52-54(49-46-43-40-37-34-31-24-21-18-15-12-9-6-3)64-58(63)51-48-45-42-39-36-33-30-28-26-23-20-17-14-11-8-5-2/h8-9,11-12,15,17-18,20-21,24,26,28,31,33-34,36-37,40,54-56,60-61H,4-7,10,13-14,16,19,22-23,25,27,29-30,32,35,38-39,41-53H2,1-3H3,(H,59,62)/b11-8+,12-9+,18-15+,20-17+,24-21-,28-26+,34-31-,36-33+,40-37+. The molecule has 1 amide bonds. The predicted molar refractivity (Wildman–Crippen MR) is 277 cm³/mol. The number of nitrogens with one attached hydrogen (secondary N) is 1. The number of unbranched alkanes of at least 4 members (excludes halogenated alkanes) is 19. The van der Waals surface area contributed by atoms with E-state index in [9.17, 15) is 19.8 Å². The van der Waals surface area contributed by atoms with Crippen LogP contribution in [0.2, 0.25) is 0 Å². The summed E-state index contributed by atoms with van der Waals surface area (Å²) in [6.45, 7) is 6.19. The molecule has 0 aliphatic carbocycles. The van der Waals surface area contributed by atoms with Gasteiger partial charge in [-0.15, -0.1) is 0 Å². The molecule has 6 heteroatoms. The maximum Gasteiger partial charge on any atom is 0.306 e. The molecule has 3 unspecified atom stereocenters. The van der Waals surface area contributed by atoms with Gasteiger partial charge in [-0.3, -0.25) is 9.59 Å². The number of allylic oxidation sites excluding steroid dienone is 18. The van der Waals surface area contributed by atoms with Crippen LogP contribution in [-0.2, 0) is 14.3 Å². The lowest BCUT2D eigenvalue weighted by Crippen LogP contribution is -2.46. The molecule has 0 bridgehead atoms. The van der Waals surface area contributed by atoms with Crippen LogP contribution in [-0.4, -0.2) is 46.9 Å². The Balaban J connectivity index is 4.70. The van der Waals surface area contributed by atoms with E-state index in [1.165, 1.54) is 83.5 Å². The number of rotatable bonds is 45. The topological polar surface area (TPSA) is 95.9 Å². The molecule has 6 nitrogen and oxygen atoms in total. The second kappa shape index (κ2) is 50.5. The monoisotopic (exact) mass is 888 g/mol. The van der Waals surface area contributed by atoms with Crippen LogP contribution in [0.1, 0.15) is 220 Å². The Labute approximate surface area is 394 Å². The average molecular weight is 888 g/mol. The summed E-state index contributed by atoms with van der Waals surface area (Å²) in [6, 6.07) is -0.738. The average Bonchev–Trinajstić information content (AvgIpc) is 3.29. The van der Waals surface area contributed by atoms with Gasteiger partial charge in [-0.2, -0.15) is 0 Å². The van der Waals surface area contributed by atoms with E-state index in [1.54, 1.807) is 0 Å². The van der Waals surface area contributed by atoms with Crippen LogP contribution < -0.4 is 5.32 Å². The largest absolute Gasteiger partial charge is 0.462 e. The van der Waals surface area contributed by atoms with Crippen molar-refractivity contribution in [3.05, 3.63) is 109 Å². The van der Waals surface area contributed by atoms with E-state index in [0.29, 0.717) is 19.3 Å². The third-order valence-electron chi connectivity index (χ3n) is 11.2. The highest BCUT2D eigenvalue weighted by atomic mass is 16.5. The Morgan fingerprint density at radius 3 is 1.47 bits per heavy atom. The van der Waals surface area contributed by atoms with E-state index in [-0.39, 0.29) is 24.9 Å². The van der Waals surface area contributed by atoms with Crippen molar-refractivity contribution < 1.29 is 24.5 Å². The van der Waals surface area contributed by atoms with E-state index in [1.807, 2.05) is 48.6 Å². The number of carbonyl (C=O) groups is 2. The fourth-order valence-corrected chi connectivity index (χ4v) is 7.33. The molecule has 3 N–H and O–H groups in total. The van der Waals surface area contributed by atoms with Gasteiger partial charge in [-0.25, -0.2) is 0 Å². The van der Waals surface area contributed by atoms with Crippen LogP contribution in [0.4, 0.5) is 0 Å². The third kappa shape index (κ3) is 45.1. The van der Waals surface area contributed by atoms with Crippen LogP contribution in [0.15, 0.2) is 109 Å². The highest BCUT2D eigenvalue weighted by Crippen LogP contribution is 2.17. The summed E-state index contributed by atoms with van der Waals surface area (Å²) in [5, 5.41) is 23.8. The van der Waals surface area contributed by atoms with Gasteiger partial charge in [0, 0.05) is 6.42 Å². The Kier molecular flexibility index (Phi) is 47.8. The molecule has 0 heterocycles. The second-order valence-electron chi connectivity index (χ2n) is 17.3. The molecule has 0 saturated heterocycles. The molecular weight excluding hydrogens is 791 g/mol. The fraction of sp³-hybridized carbons (Fsp3) is 0.655. The lowest BCUT2D eigenvalue weighted by molar-refractivity contribution is -0.151. The van der Waals surface area contributed by atoms with Gasteiger partial charge in [0.25, 0.3) is 0 Å². The van der Waals surface area contributed by atoms with Gasteiger partial charge in [-0.05, 0) is 77.0 Å². The minimum absolute atomic E-state index is 0.00914. The molecule has 0 aromatic heterocycles. The molecule has 0 saturated carbocycles. The number of carbonyl (C=O) groups excluding carboxylic acids is 2. The van der Waals surface area contributed by atoms with E-state index in [4.69, 9.17) is 4.74 Å². The quantitative estimate of drug-likeness (QED) is 0.0245. The first kappa shape index (κ1) is 60.5. The summed E-state index contributed by atoms with van der Waals surface area (Å²) in [6.07, 6.45) is 68.7. The number of aliphatic hydroxyl groups excluding tert-OH is 2. The molecule has 0 aliphatic heterocycles. The van der Waals surface area contributed by atoms with Crippen LogP contribution in [0, 0.1) is 0 Å². The lowest BCUT2D eigenvalue weighted by Gasteiger charge is -2.24. The van der Waals surface area contributed by atoms with Gasteiger partial charge in [0.05, 0.1) is 25.2 Å². The SMILES string of the molecule is CC/C=C/C=C/C=C\C=C/C=C/CCCC(CC(=O)NC(CO)C(O)CCCCCCCCCCCCCCCCCC)OC(=O)CCCCC/C=C/C/C=C/C/C=C/C/C=C/CC. The van der Waals surface area contributed by atoms with Crippen molar-refractivity contribution in [3.8, 4) is 0 Å². The normalized spacial score (nSPS) is 14.1. The maximum absolute atomic E-state index is 13.2. The zero-order chi connectivity index (χ0) is 46.7. The van der Waals surface area contributed by atoms with E-state index in [0.717, 1.165) is 89.9 Å². The molecule has 0 aliphatic rings. The van der Waals surface area contributed by atoms with Gasteiger partial charge < -0.3 is 20.3 Å². The summed E-state index contributed by atoms with van der Waals surface area (Å²) in [4.78, 5) is 26.1. The molecule has 0 rings (SSSR count). The first-order valence-electron chi connectivity index (χ1n) is 26.2. The van der Waals surface area contributed by atoms with Gasteiger partial charge in [0.2, 0.25) is 5.91 Å². The number of esters is 1. The zero-order valence-electron chi connectivity index (χ0n) is 41.4. The molecular formula is C58H97NO5. The fourth-order valence-electron chi connectivity index (χ4n) is 7.33. The smallest absolute Gasteiger partial charge is 0.306 e. The van der Waals surface area contributed by atoms with Crippen molar-refractivity contribution >= 4 is 11.9 Å². The summed E-state index contributed by atoms with van der Waals surface area (Å²) >= 11 is 0. The van der Waals surface area contributed by atoms with Gasteiger partial charge in [0.1, 0.15) is 6.10 Å². The highest BCUT2D eigenvalue weighted by Gasteiger charge is 2.24. The summed E-state index contributed by atoms with van der Waals surface area (Å²) in [7, 11) is 0. The van der Waals surface area contributed by atoms with Crippen LogP contribution >= 0.6 is 0 Å². The van der Waals surface area contributed by atoms with Crippen molar-refractivity contribution in [1.29, 1.82) is 0 Å². The third-order valence-corrected chi connectivity index (χ3v) is 11.2. The highest BCUT2D eigenvalue weighted by molar-refractivity contribution is 5.77. The van der Waals surface area contributed by atoms with E-state index >= 15 is 0 Å². The lowest BCUT2D eigenvalue weighted by atomic mass is 10.0. The van der Waals surface area contributed by atoms with Crippen molar-refractivity contribution in [2.45, 2.75) is 238 Å². The predicted octanol–water partition coefficient (Wildman–Crippen LogP) is 15.9. The molecule has 0 fully saturated rings. The zero-order valence-corrected chi connectivity index (χ0v) is 41.4. The first-order valence-corrected chi connectivity index (χ1v) is 26.2. The molecule has 64 heavy (non-hydrogen) atoms. The van der Waals surface area contributed by atoms with Crippen LogP contribution in [0.5, 0.6) is 0 Å². The maximum atomic E-state index is 13.2. The number of amides is 1. The number of aliphatic hydroxyl groups is 2. The molecule has 0 aromatic carbocycles. The molecule has 0 aromatic rings. The number of hydrogen-bond donors (Lipinski definition) is 3. The van der Waals surface area contributed by atoms with Gasteiger partial charge >= 0.3 is 5.97 Å². The summed E-state index contributed by atoms with van der Waals surface area (Å²) in [5.41, 5.74) is 0. The van der Waals surface area contributed by atoms with Gasteiger partial charge in [-0.1, -0.05) is 239 Å². The van der Waals surface area contributed by atoms with Crippen molar-refractivity contribution in [2.24, 2.45) is 0 Å². The summed E-state index contributed by atoms with van der Waals surface area (Å²) < 4.78 is 5.88. The second-order valence-corrected chi connectivity index (χ2v) is 17.3. The van der Waals surface area contributed by atoms with Crippen molar-refractivity contribution in [3.63, 3.8) is 0 Å². The van der Waals surface area contributed by atoms with E-state index in [2.05, 4.69) is 86.8 Å². The Morgan fingerprint density at radius 2 is 0.938 bits per heavy atom. The Morgan fingerprint density at radius 1 is 0.484 bits per heavy atom. The number of ether oxygens (including phenoxy) is 1.